The summed E-state index contributed by atoms with van der Waals surface area (Å²) in [6.07, 6.45) is -5.17. The van der Waals surface area contributed by atoms with Crippen molar-refractivity contribution in [1.82, 2.24) is 0 Å². The molecule has 0 aromatic heterocycles. The maximum atomic E-state index is 12.8. The summed E-state index contributed by atoms with van der Waals surface area (Å²) in [5.74, 6) is -0.347. The Morgan fingerprint density at radius 1 is 1.18 bits per heavy atom. The van der Waals surface area contributed by atoms with Gasteiger partial charge >= 0.3 is 12.1 Å². The maximum absolute atomic E-state index is 12.8. The first-order valence-corrected chi connectivity index (χ1v) is 10.9. The van der Waals surface area contributed by atoms with Gasteiger partial charge in [-0.2, -0.15) is 13.2 Å². The third kappa shape index (κ3) is 8.25. The lowest BCUT2D eigenvalue weighted by Gasteiger charge is -2.12. The first-order chi connectivity index (χ1) is 15.4. The van der Waals surface area contributed by atoms with Crippen molar-refractivity contribution in [2.24, 2.45) is 0 Å². The summed E-state index contributed by atoms with van der Waals surface area (Å²) in [6, 6.07) is 6.14. The molecule has 2 aromatic rings. The zero-order valence-electron chi connectivity index (χ0n) is 17.5. The molecule has 0 aliphatic carbocycles. The van der Waals surface area contributed by atoms with Gasteiger partial charge in [-0.3, -0.25) is 19.7 Å². The van der Waals surface area contributed by atoms with E-state index >= 15 is 0 Å². The van der Waals surface area contributed by atoms with E-state index in [4.69, 9.17) is 21.1 Å². The minimum atomic E-state index is -4.58. The van der Waals surface area contributed by atoms with Gasteiger partial charge in [-0.25, -0.2) is 0 Å². The van der Waals surface area contributed by atoms with Crippen molar-refractivity contribution >= 4 is 40.1 Å². The van der Waals surface area contributed by atoms with E-state index in [0.717, 1.165) is 30.0 Å². The highest BCUT2D eigenvalue weighted by Crippen LogP contribution is 2.37. The van der Waals surface area contributed by atoms with Gasteiger partial charge in [0.25, 0.3) is 5.69 Å². The SMILES string of the molecule is CC(C)OC(=O)CCSC(=O)Cc1cc(Oc2ccc(C(F)(F)F)cc2Cl)ccc1[N+](=O)[O-]. The second kappa shape index (κ2) is 11.4. The van der Waals surface area contributed by atoms with Gasteiger partial charge in [0.1, 0.15) is 11.5 Å². The fourth-order valence-electron chi connectivity index (χ4n) is 2.61. The zero-order valence-corrected chi connectivity index (χ0v) is 19.1. The van der Waals surface area contributed by atoms with E-state index in [0.29, 0.717) is 6.07 Å². The highest BCUT2D eigenvalue weighted by Gasteiger charge is 2.31. The molecule has 2 aromatic carbocycles. The number of nitro groups is 1. The Morgan fingerprint density at radius 3 is 2.45 bits per heavy atom. The molecule has 0 aliphatic rings. The molecule has 0 fully saturated rings. The summed E-state index contributed by atoms with van der Waals surface area (Å²) >= 11 is 6.71. The molecule has 0 radical (unpaired) electrons. The van der Waals surface area contributed by atoms with Gasteiger partial charge in [0.05, 0.1) is 28.0 Å². The topological polar surface area (TPSA) is 95.7 Å². The molecule has 0 bridgehead atoms. The molecule has 0 amide bonds. The van der Waals surface area contributed by atoms with Crippen molar-refractivity contribution in [3.8, 4) is 11.5 Å². The molecular weight excluding hydrogens is 487 g/mol. The van der Waals surface area contributed by atoms with E-state index in [-0.39, 0.29) is 52.5 Å². The predicted molar refractivity (Wildman–Crippen MR) is 117 cm³/mol. The summed E-state index contributed by atoms with van der Waals surface area (Å²) in [4.78, 5) is 34.5. The number of hydrogen-bond donors (Lipinski definition) is 0. The molecule has 12 heteroatoms. The van der Waals surface area contributed by atoms with Gasteiger partial charge in [-0.1, -0.05) is 23.4 Å². The van der Waals surface area contributed by atoms with Crippen LogP contribution in [0, 0.1) is 10.1 Å². The van der Waals surface area contributed by atoms with E-state index in [1.165, 1.54) is 12.1 Å². The molecule has 0 saturated carbocycles. The van der Waals surface area contributed by atoms with Crippen molar-refractivity contribution < 1.29 is 37.2 Å². The predicted octanol–water partition coefficient (Wildman–Crippen LogP) is 6.20. The Bertz CT molecular complexity index is 1050. The number of halogens is 4. The first-order valence-electron chi connectivity index (χ1n) is 9.54. The molecular formula is C21H19ClF3NO6S. The maximum Gasteiger partial charge on any atom is 0.416 e. The standard InChI is InChI=1S/C21H19ClF3NO6S/c1-12(2)31-19(27)7-8-33-20(28)10-13-9-15(4-5-17(13)26(29)30)32-18-6-3-14(11-16(18)22)21(23,24)25/h3-6,9,11-12H,7-8,10H2,1-2H3. The van der Waals surface area contributed by atoms with Crippen LogP contribution in [0.15, 0.2) is 36.4 Å². The number of esters is 1. The van der Waals surface area contributed by atoms with E-state index in [1.807, 2.05) is 0 Å². The van der Waals surface area contributed by atoms with E-state index in [1.54, 1.807) is 13.8 Å². The third-order valence-corrected chi connectivity index (χ3v) is 5.18. The van der Waals surface area contributed by atoms with E-state index < -0.39 is 27.7 Å². The number of thioether (sulfide) groups is 1. The van der Waals surface area contributed by atoms with Gasteiger partial charge < -0.3 is 9.47 Å². The fraction of sp³-hybridized carbons (Fsp3) is 0.333. The van der Waals surface area contributed by atoms with Crippen LogP contribution in [0.2, 0.25) is 5.02 Å². The van der Waals surface area contributed by atoms with Crippen LogP contribution in [0.3, 0.4) is 0 Å². The van der Waals surface area contributed by atoms with Gasteiger partial charge in [0, 0.05) is 23.8 Å². The molecule has 0 saturated heterocycles. The van der Waals surface area contributed by atoms with E-state index in [9.17, 15) is 32.9 Å². The first kappa shape index (κ1) is 26.5. The molecule has 0 aliphatic heterocycles. The number of nitro benzene ring substituents is 1. The van der Waals surface area contributed by atoms with Crippen LogP contribution in [0.1, 0.15) is 31.4 Å². The molecule has 0 spiro atoms. The Kier molecular flexibility index (Phi) is 9.12. The number of nitrogens with zero attached hydrogens (tertiary/aromatic N) is 1. The van der Waals surface area contributed by atoms with Crippen LogP contribution >= 0.6 is 23.4 Å². The van der Waals surface area contributed by atoms with Gasteiger partial charge in [-0.05, 0) is 44.2 Å². The van der Waals surface area contributed by atoms with Crippen LogP contribution in [0.25, 0.3) is 0 Å². The van der Waals surface area contributed by atoms with Crippen LogP contribution in [0.5, 0.6) is 11.5 Å². The Morgan fingerprint density at radius 2 is 1.88 bits per heavy atom. The Hall–Kier alpha value is -2.79. The minimum Gasteiger partial charge on any atom is -0.463 e. The summed E-state index contributed by atoms with van der Waals surface area (Å²) in [6.45, 7) is 3.39. The normalized spacial score (nSPS) is 11.4. The third-order valence-electron chi connectivity index (χ3n) is 4.01. The van der Waals surface area contributed by atoms with Crippen molar-refractivity contribution in [2.45, 2.75) is 39.0 Å². The molecule has 2 rings (SSSR count). The Balaban J connectivity index is 2.12. The molecule has 7 nitrogen and oxygen atoms in total. The lowest BCUT2D eigenvalue weighted by molar-refractivity contribution is -0.385. The summed E-state index contributed by atoms with van der Waals surface area (Å²) in [5, 5.41) is 10.6. The fourth-order valence-corrected chi connectivity index (χ4v) is 3.58. The summed E-state index contributed by atoms with van der Waals surface area (Å²) < 4.78 is 48.8. The van der Waals surface area contributed by atoms with Gasteiger partial charge in [0.2, 0.25) is 0 Å². The summed E-state index contributed by atoms with van der Waals surface area (Å²) in [7, 11) is 0. The summed E-state index contributed by atoms with van der Waals surface area (Å²) in [5.41, 5.74) is -1.24. The average molecular weight is 506 g/mol. The Labute approximate surface area is 196 Å². The van der Waals surface area contributed by atoms with Gasteiger partial charge in [0.15, 0.2) is 5.12 Å². The second-order valence-electron chi connectivity index (χ2n) is 6.98. The molecule has 33 heavy (non-hydrogen) atoms. The number of benzene rings is 2. The number of carbonyl (C=O) groups excluding carboxylic acids is 2. The van der Waals surface area contributed by atoms with Crippen LogP contribution in [0.4, 0.5) is 18.9 Å². The number of carbonyl (C=O) groups is 2. The van der Waals surface area contributed by atoms with E-state index in [2.05, 4.69) is 0 Å². The molecule has 178 valence electrons. The van der Waals surface area contributed by atoms with Crippen LogP contribution in [-0.2, 0) is 26.9 Å². The smallest absolute Gasteiger partial charge is 0.416 e. The number of rotatable bonds is 9. The minimum absolute atomic E-state index is 0.00620. The largest absolute Gasteiger partial charge is 0.463 e. The lowest BCUT2D eigenvalue weighted by atomic mass is 10.1. The molecule has 0 heterocycles. The number of hydrogen-bond acceptors (Lipinski definition) is 7. The van der Waals surface area contributed by atoms with Crippen molar-refractivity contribution in [2.75, 3.05) is 5.75 Å². The zero-order chi connectivity index (χ0) is 24.8. The lowest BCUT2D eigenvalue weighted by Crippen LogP contribution is -2.12. The van der Waals surface area contributed by atoms with Gasteiger partial charge in [-0.15, -0.1) is 0 Å². The van der Waals surface area contributed by atoms with Crippen LogP contribution < -0.4 is 4.74 Å². The van der Waals surface area contributed by atoms with Crippen molar-refractivity contribution in [3.05, 3.63) is 62.7 Å². The number of ether oxygens (including phenoxy) is 2. The highest BCUT2D eigenvalue weighted by molar-refractivity contribution is 8.13. The highest BCUT2D eigenvalue weighted by atomic mass is 35.5. The van der Waals surface area contributed by atoms with Crippen molar-refractivity contribution in [1.29, 1.82) is 0 Å². The monoisotopic (exact) mass is 505 g/mol. The molecule has 0 N–H and O–H groups in total. The van der Waals surface area contributed by atoms with Crippen LogP contribution in [-0.4, -0.2) is 27.9 Å². The average Bonchev–Trinajstić information content (AvgIpc) is 2.68. The molecule has 0 unspecified atom stereocenters. The van der Waals surface area contributed by atoms with Crippen molar-refractivity contribution in [3.63, 3.8) is 0 Å². The molecule has 0 atom stereocenters. The number of alkyl halides is 3. The quantitative estimate of drug-likeness (QED) is 0.227. The second-order valence-corrected chi connectivity index (χ2v) is 8.54.